The van der Waals surface area contributed by atoms with Crippen LogP contribution in [0.5, 0.6) is 0 Å². The van der Waals surface area contributed by atoms with Crippen molar-refractivity contribution in [3.05, 3.63) is 83.4 Å². The molecule has 27 heavy (non-hydrogen) atoms. The zero-order valence-electron chi connectivity index (χ0n) is 15.7. The van der Waals surface area contributed by atoms with Crippen molar-refractivity contribution < 1.29 is 0 Å². The minimum Gasteiger partial charge on any atom is -0.364 e. The highest BCUT2D eigenvalue weighted by Crippen LogP contribution is 2.39. The summed E-state index contributed by atoms with van der Waals surface area (Å²) in [5.41, 5.74) is 6.28. The molecular weight excluding hydrogens is 330 g/mol. The van der Waals surface area contributed by atoms with Crippen LogP contribution >= 0.6 is 0 Å². The SMILES string of the molecule is CC1Cc2cc[nH]c2C(C=Cc2ccc(-c3ccccc3C#N)cn2)C1C. The van der Waals surface area contributed by atoms with Crippen molar-refractivity contribution in [3.8, 4) is 17.2 Å². The molecule has 0 saturated carbocycles. The number of benzene rings is 1. The Morgan fingerprint density at radius 3 is 2.78 bits per heavy atom. The Bertz CT molecular complexity index is 1000. The lowest BCUT2D eigenvalue weighted by Gasteiger charge is -2.32. The number of pyridine rings is 1. The molecule has 0 amide bonds. The molecule has 0 spiro atoms. The van der Waals surface area contributed by atoms with Crippen molar-refractivity contribution in [2.45, 2.75) is 26.2 Å². The molecule has 3 nitrogen and oxygen atoms in total. The van der Waals surface area contributed by atoms with Gasteiger partial charge in [-0.15, -0.1) is 0 Å². The van der Waals surface area contributed by atoms with E-state index in [0.717, 1.165) is 23.2 Å². The highest BCUT2D eigenvalue weighted by Gasteiger charge is 2.30. The van der Waals surface area contributed by atoms with E-state index in [1.807, 2.05) is 42.6 Å². The first-order valence-electron chi connectivity index (χ1n) is 9.47. The van der Waals surface area contributed by atoms with Gasteiger partial charge >= 0.3 is 0 Å². The van der Waals surface area contributed by atoms with Crippen molar-refractivity contribution >= 4 is 6.08 Å². The van der Waals surface area contributed by atoms with E-state index in [1.165, 1.54) is 11.3 Å². The van der Waals surface area contributed by atoms with E-state index in [-0.39, 0.29) is 0 Å². The van der Waals surface area contributed by atoms with Gasteiger partial charge in [0.25, 0.3) is 0 Å². The van der Waals surface area contributed by atoms with Crippen molar-refractivity contribution in [2.75, 3.05) is 0 Å². The Morgan fingerprint density at radius 2 is 2.00 bits per heavy atom. The van der Waals surface area contributed by atoms with Gasteiger partial charge in [0.05, 0.1) is 17.3 Å². The molecule has 2 aromatic heterocycles. The molecule has 2 heterocycles. The Hall–Kier alpha value is -3.12. The largest absolute Gasteiger partial charge is 0.364 e. The first-order valence-corrected chi connectivity index (χ1v) is 9.47. The Labute approximate surface area is 160 Å². The van der Waals surface area contributed by atoms with Crippen LogP contribution in [0.4, 0.5) is 0 Å². The molecule has 1 aliphatic carbocycles. The summed E-state index contributed by atoms with van der Waals surface area (Å²) < 4.78 is 0. The molecule has 3 heteroatoms. The first-order chi connectivity index (χ1) is 13.2. The molecule has 3 unspecified atom stereocenters. The van der Waals surface area contributed by atoms with Crippen LogP contribution in [-0.2, 0) is 6.42 Å². The summed E-state index contributed by atoms with van der Waals surface area (Å²) >= 11 is 0. The third-order valence-electron chi connectivity index (χ3n) is 5.83. The van der Waals surface area contributed by atoms with E-state index >= 15 is 0 Å². The van der Waals surface area contributed by atoms with Gasteiger partial charge in [-0.05, 0) is 48.1 Å². The Kier molecular flexibility index (Phi) is 4.64. The van der Waals surface area contributed by atoms with Crippen LogP contribution < -0.4 is 0 Å². The van der Waals surface area contributed by atoms with Crippen molar-refractivity contribution in [3.63, 3.8) is 0 Å². The van der Waals surface area contributed by atoms with E-state index in [0.29, 0.717) is 23.3 Å². The topological polar surface area (TPSA) is 52.5 Å². The molecule has 0 saturated heterocycles. The van der Waals surface area contributed by atoms with Crippen LogP contribution in [0.1, 0.15) is 42.3 Å². The number of allylic oxidation sites excluding steroid dienone is 1. The van der Waals surface area contributed by atoms with Crippen LogP contribution in [0.15, 0.2) is 60.9 Å². The second-order valence-corrected chi connectivity index (χ2v) is 7.47. The zero-order chi connectivity index (χ0) is 18.8. The number of hydrogen-bond acceptors (Lipinski definition) is 2. The second-order valence-electron chi connectivity index (χ2n) is 7.47. The minimum absolute atomic E-state index is 0.388. The summed E-state index contributed by atoms with van der Waals surface area (Å²) in [6, 6.07) is 16.1. The fourth-order valence-electron chi connectivity index (χ4n) is 4.02. The van der Waals surface area contributed by atoms with E-state index in [1.54, 1.807) is 0 Å². The second kappa shape index (κ2) is 7.25. The maximum atomic E-state index is 9.29. The van der Waals surface area contributed by atoms with Gasteiger partial charge < -0.3 is 4.98 Å². The summed E-state index contributed by atoms with van der Waals surface area (Å²) in [5.74, 6) is 1.65. The standard InChI is InChI=1S/C24H23N3/c1-16-13-18-11-12-26-24(18)22(17(16)2)10-9-21-8-7-20(15-27-21)23-6-4-3-5-19(23)14-25/h3-12,15-17,22,26H,13H2,1-2H3. The van der Waals surface area contributed by atoms with Gasteiger partial charge in [-0.1, -0.05) is 44.2 Å². The van der Waals surface area contributed by atoms with Gasteiger partial charge in [-0.2, -0.15) is 5.26 Å². The smallest absolute Gasteiger partial charge is 0.0998 e. The van der Waals surface area contributed by atoms with Crippen LogP contribution in [0.2, 0.25) is 0 Å². The third kappa shape index (κ3) is 3.31. The summed E-state index contributed by atoms with van der Waals surface area (Å²) in [6.45, 7) is 4.67. The number of rotatable bonds is 3. The predicted molar refractivity (Wildman–Crippen MR) is 109 cm³/mol. The van der Waals surface area contributed by atoms with E-state index in [2.05, 4.69) is 54.3 Å². The lowest BCUT2D eigenvalue weighted by Crippen LogP contribution is -2.24. The lowest BCUT2D eigenvalue weighted by molar-refractivity contribution is 0.329. The van der Waals surface area contributed by atoms with Crippen LogP contribution in [0, 0.1) is 23.2 Å². The van der Waals surface area contributed by atoms with Crippen molar-refractivity contribution in [1.29, 1.82) is 5.26 Å². The van der Waals surface area contributed by atoms with Gasteiger partial charge in [0.15, 0.2) is 0 Å². The number of nitriles is 1. The van der Waals surface area contributed by atoms with Gasteiger partial charge in [-0.25, -0.2) is 0 Å². The molecule has 1 aliphatic rings. The van der Waals surface area contributed by atoms with Gasteiger partial charge in [-0.3, -0.25) is 4.98 Å². The highest BCUT2D eigenvalue weighted by molar-refractivity contribution is 5.70. The molecule has 1 N–H and O–H groups in total. The van der Waals surface area contributed by atoms with E-state index in [4.69, 9.17) is 0 Å². The fourth-order valence-corrected chi connectivity index (χ4v) is 4.02. The van der Waals surface area contributed by atoms with Crippen molar-refractivity contribution in [1.82, 2.24) is 9.97 Å². The van der Waals surface area contributed by atoms with Gasteiger partial charge in [0.2, 0.25) is 0 Å². The molecule has 4 rings (SSSR count). The lowest BCUT2D eigenvalue weighted by atomic mass is 9.73. The highest BCUT2D eigenvalue weighted by atomic mass is 14.7. The van der Waals surface area contributed by atoms with Crippen LogP contribution in [0.25, 0.3) is 17.2 Å². The maximum Gasteiger partial charge on any atom is 0.0998 e. The number of H-pyrrole nitrogens is 1. The maximum absolute atomic E-state index is 9.29. The quantitative estimate of drug-likeness (QED) is 0.669. The molecular formula is C24H23N3. The number of nitrogens with one attached hydrogen (secondary N) is 1. The first kappa shape index (κ1) is 17.3. The zero-order valence-corrected chi connectivity index (χ0v) is 15.7. The van der Waals surface area contributed by atoms with Gasteiger partial charge in [0, 0.05) is 35.1 Å². The fraction of sp³-hybridized carbons (Fsp3) is 0.250. The summed E-state index contributed by atoms with van der Waals surface area (Å²) in [6.07, 6.45) is 9.44. The van der Waals surface area contributed by atoms with Crippen LogP contribution in [-0.4, -0.2) is 9.97 Å². The summed E-state index contributed by atoms with van der Waals surface area (Å²) in [4.78, 5) is 8.03. The molecule has 0 radical (unpaired) electrons. The molecule has 3 atom stereocenters. The minimum atomic E-state index is 0.388. The third-order valence-corrected chi connectivity index (χ3v) is 5.83. The average Bonchev–Trinajstić information content (AvgIpc) is 3.16. The number of aromatic amines is 1. The molecule has 3 aromatic rings. The molecule has 134 valence electrons. The number of aromatic nitrogens is 2. The molecule has 1 aromatic carbocycles. The number of nitrogens with zero attached hydrogens (tertiary/aromatic N) is 2. The van der Waals surface area contributed by atoms with E-state index < -0.39 is 0 Å². The summed E-state index contributed by atoms with van der Waals surface area (Å²) in [7, 11) is 0. The predicted octanol–water partition coefficient (Wildman–Crippen LogP) is 5.57. The van der Waals surface area contributed by atoms with E-state index in [9.17, 15) is 5.26 Å². The Morgan fingerprint density at radius 1 is 1.15 bits per heavy atom. The normalized spacial score (nSPS) is 21.7. The van der Waals surface area contributed by atoms with Crippen molar-refractivity contribution in [2.24, 2.45) is 11.8 Å². The molecule has 0 bridgehead atoms. The number of hydrogen-bond donors (Lipinski definition) is 1. The van der Waals surface area contributed by atoms with Gasteiger partial charge in [0.1, 0.15) is 0 Å². The Balaban J connectivity index is 1.58. The number of fused-ring (bicyclic) bond motifs is 1. The molecule has 0 aliphatic heterocycles. The average molecular weight is 353 g/mol. The summed E-state index contributed by atoms with van der Waals surface area (Å²) in [5, 5.41) is 9.29. The molecule has 0 fully saturated rings. The van der Waals surface area contributed by atoms with Crippen LogP contribution in [0.3, 0.4) is 0 Å². The monoisotopic (exact) mass is 353 g/mol.